The number of aliphatic carboxylic acids is 1. The molecule has 69 heavy (non-hydrogen) atoms. The topological polar surface area (TPSA) is 286 Å². The van der Waals surface area contributed by atoms with E-state index >= 15 is 0 Å². The van der Waals surface area contributed by atoms with Crippen LogP contribution in [0.4, 0.5) is 29.2 Å². The Balaban J connectivity index is -0.000000235. The van der Waals surface area contributed by atoms with E-state index in [1.54, 1.807) is 6.92 Å². The summed E-state index contributed by atoms with van der Waals surface area (Å²) in [6.07, 6.45) is 6.20. The molecule has 5 heterocycles. The number of aliphatic hydroxyl groups excluding tert-OH is 1. The number of nitrogens with zero attached hydrogens (tertiary/aromatic N) is 1. The van der Waals surface area contributed by atoms with Crippen LogP contribution in [0, 0.1) is 0 Å². The molecule has 5 rings (SSSR count). The zero-order valence-electron chi connectivity index (χ0n) is 41.0. The zero-order chi connectivity index (χ0) is 51.0. The first kappa shape index (κ1) is 76.0. The minimum absolute atomic E-state index is 0. The van der Waals surface area contributed by atoms with Crippen LogP contribution in [-0.2, 0) is 52.4 Å². The Labute approximate surface area is 415 Å². The smallest absolute Gasteiger partial charge is 0.870 e. The average molecular weight is 1040 g/mol. The van der Waals surface area contributed by atoms with Gasteiger partial charge in [-0.3, -0.25) is 29.7 Å². The van der Waals surface area contributed by atoms with Gasteiger partial charge < -0.3 is 49.6 Å². The molecule has 27 heteroatoms. The normalized spacial score (nSPS) is 26.2. The molecule has 7 N–H and O–H groups in total. The third-order valence-corrected chi connectivity index (χ3v) is 12.0. The van der Waals surface area contributed by atoms with E-state index < -0.39 is 58.4 Å². The molecule has 0 aliphatic carbocycles. The van der Waals surface area contributed by atoms with Crippen LogP contribution in [0.5, 0.6) is 0 Å². The number of alkyl halides is 4. The number of carboxylic acid groups (broad SMARTS) is 1. The number of carboxylic acids is 1. The molecule has 5 atom stereocenters. The summed E-state index contributed by atoms with van der Waals surface area (Å²) < 4.78 is 116. The summed E-state index contributed by atoms with van der Waals surface area (Å²) >= 11 is -5.05. The van der Waals surface area contributed by atoms with Gasteiger partial charge in [-0.15, -0.1) is 11.7 Å². The predicted molar refractivity (Wildman–Crippen MR) is 235 cm³/mol. The summed E-state index contributed by atoms with van der Waals surface area (Å²) in [5.41, 5.74) is -5.99. The molecule has 0 aromatic carbocycles. The van der Waals surface area contributed by atoms with E-state index in [0.717, 1.165) is 45.6 Å². The summed E-state index contributed by atoms with van der Waals surface area (Å²) in [5.74, 6) is -2.35. The fourth-order valence-corrected chi connectivity index (χ4v) is 7.48. The number of carbonyl (C=O) groups excluding carboxylic acids is 4. The Kier molecular flexibility index (Phi) is 44.7. The van der Waals surface area contributed by atoms with E-state index in [9.17, 15) is 53.2 Å². The minimum atomic E-state index is -5.05. The molecule has 0 amide bonds. The van der Waals surface area contributed by atoms with Crippen molar-refractivity contribution in [2.24, 2.45) is 0 Å². The molecule has 0 bridgehead atoms. The van der Waals surface area contributed by atoms with Gasteiger partial charge >= 0.3 is 24.8 Å². The Bertz CT molecular complexity index is 1310. The average Bonchev–Trinajstić information content (AvgIpc) is 3.80. The second-order valence-corrected chi connectivity index (χ2v) is 17.1. The summed E-state index contributed by atoms with van der Waals surface area (Å²) in [4.78, 5) is 54.1. The molecule has 0 radical (unpaired) electrons. The van der Waals surface area contributed by atoms with Crippen molar-refractivity contribution in [3.63, 3.8) is 0 Å². The largest absolute Gasteiger partial charge is 1.00 e. The third kappa shape index (κ3) is 27.1. The van der Waals surface area contributed by atoms with Gasteiger partial charge in [0.1, 0.15) is 5.60 Å². The van der Waals surface area contributed by atoms with Crippen LogP contribution in [0.3, 0.4) is 0 Å². The molecular weight excluding hydrogens is 962 g/mol. The van der Waals surface area contributed by atoms with Gasteiger partial charge in [-0.05, 0) is 124 Å². The van der Waals surface area contributed by atoms with Crippen molar-refractivity contribution in [2.75, 3.05) is 66.4 Å². The number of ketones is 3. The van der Waals surface area contributed by atoms with Crippen molar-refractivity contribution in [1.29, 1.82) is 0 Å². The van der Waals surface area contributed by atoms with Crippen molar-refractivity contribution in [3.8, 4) is 0 Å². The number of halogens is 7. The zero-order valence-corrected chi connectivity index (χ0v) is 41.8. The van der Waals surface area contributed by atoms with Gasteiger partial charge in [-0.2, -0.15) is 4.31 Å². The van der Waals surface area contributed by atoms with Gasteiger partial charge in [0.05, 0.1) is 19.3 Å². The summed E-state index contributed by atoms with van der Waals surface area (Å²) in [6.45, 7) is 10.3. The van der Waals surface area contributed by atoms with Crippen molar-refractivity contribution in [3.05, 3.63) is 0 Å². The van der Waals surface area contributed by atoms with Crippen molar-refractivity contribution in [1.82, 2.24) is 4.31 Å². The fourth-order valence-electron chi connectivity index (χ4n) is 6.81. The number of Topliss-reactive ketones (excluding diaryl/α,β-unsaturated/α-hetero) is 3. The number of hydrogen-bond donors (Lipinski definition) is 4. The van der Waals surface area contributed by atoms with Gasteiger partial charge in [-0.1, -0.05) is 6.92 Å². The summed E-state index contributed by atoms with van der Waals surface area (Å²) in [7, 11) is 1.40. The Morgan fingerprint density at radius 1 is 0.725 bits per heavy atom. The van der Waals surface area contributed by atoms with Gasteiger partial charge in [-0.25, -0.2) is 22.4 Å². The van der Waals surface area contributed by atoms with Crippen LogP contribution in [0.25, 0.3) is 0 Å². The van der Waals surface area contributed by atoms with E-state index in [1.807, 2.05) is 0 Å². The van der Waals surface area contributed by atoms with E-state index in [2.05, 4.69) is 16.4 Å². The molecule has 5 fully saturated rings. The monoisotopic (exact) mass is 1040 g/mol. The molecule has 0 aromatic rings. The number of hydrogen-bond acceptors (Lipinski definition) is 16. The molecule has 0 saturated carbocycles. The van der Waals surface area contributed by atoms with Crippen LogP contribution < -0.4 is 18.9 Å². The predicted octanol–water partition coefficient (Wildman–Crippen LogP) is 4.20. The maximum absolute atomic E-state index is 12.5. The molecule has 5 aliphatic rings. The second kappa shape index (κ2) is 40.6. The molecule has 0 aromatic heterocycles. The molecule has 408 valence electrons. The number of rotatable bonds is 14. The second-order valence-electron chi connectivity index (χ2n) is 15.9. The van der Waals surface area contributed by atoms with Gasteiger partial charge in [0.2, 0.25) is 5.60 Å². The molecule has 18 nitrogen and oxygen atoms in total. The maximum atomic E-state index is 12.5. The Morgan fingerprint density at radius 3 is 1.38 bits per heavy atom. The molecule has 5 aliphatic heterocycles. The fraction of sp³-hybridized carbons (Fsp3) is 0.881. The van der Waals surface area contributed by atoms with E-state index in [0.29, 0.717) is 68.4 Å². The number of carbonyl (C=O) groups is 5. The standard InChI is InChI=1S/C8H12F2O2.C8H14O3.C8H12O3.C7H10F2O3.C6H14F3NOS.C5H10O.Li.H2O2.2H2O/c1-6(11)8(7(9)10)4-2-3-5-12-8;2*1-7(10)8(6-9)4-2-3-5-11-8;8-5(9)7(6(10)11)3-1-2-4-12-7;1-3-4-10(5-6-11-2)12(7,8)9;1-5-3-2-4-6-5;;1-2;;/h7H,2-5H2,1H3;9H,2-6H2,1H3;6H,2-5H2,1H3;5H,1-4H2,(H,10,11);3-6H2,1-2H3;5H,2-4H2,1H3;;1-2H;2*1H2/q;;;;;;+1;;;/p-1. The van der Waals surface area contributed by atoms with E-state index in [-0.39, 0.29) is 93.7 Å². The van der Waals surface area contributed by atoms with Crippen LogP contribution in [0.2, 0.25) is 0 Å². The maximum Gasteiger partial charge on any atom is 1.00 e. The van der Waals surface area contributed by atoms with Crippen molar-refractivity contribution in [2.45, 2.75) is 172 Å². The SMILES string of the molecule is CC(=O)C1(C(F)F)CCCCO1.CC(=O)C1(C=O)CCCCO1.CC(=O)C1(CO)CCCCO1.CC1CCCO1.CCCN(CCOC)S(F)(F)F.O.O=C(O)C1(C(F)F)CCCCO1.OO.[Li+].[OH-]. The minimum Gasteiger partial charge on any atom is -0.870 e. The third-order valence-electron chi connectivity index (χ3n) is 11.1. The Morgan fingerprint density at radius 2 is 1.19 bits per heavy atom. The molecular formula is C42H77F7LiNO17S. The van der Waals surface area contributed by atoms with Gasteiger partial charge in [0, 0.05) is 53.2 Å². The number of methoxy groups -OCH3 is 1. The molecule has 0 spiro atoms. The Hall–Kier alpha value is -1.87. The van der Waals surface area contributed by atoms with Gasteiger partial charge in [0.25, 0.3) is 24.2 Å². The van der Waals surface area contributed by atoms with Crippen LogP contribution in [0.15, 0.2) is 0 Å². The van der Waals surface area contributed by atoms with E-state index in [4.69, 9.17) is 39.7 Å². The van der Waals surface area contributed by atoms with Crippen LogP contribution in [0.1, 0.15) is 131 Å². The number of aliphatic hydroxyl groups is 1. The van der Waals surface area contributed by atoms with Crippen LogP contribution in [-0.4, -0.2) is 173 Å². The van der Waals surface area contributed by atoms with Crippen molar-refractivity contribution < 1.29 is 132 Å². The summed E-state index contributed by atoms with van der Waals surface area (Å²) in [5, 5.41) is 29.5. The van der Waals surface area contributed by atoms with E-state index in [1.165, 1.54) is 33.8 Å². The molecule has 5 unspecified atom stereocenters. The molecule has 5 saturated heterocycles. The first-order valence-electron chi connectivity index (χ1n) is 22.0. The first-order valence-corrected chi connectivity index (χ1v) is 23.3. The number of ether oxygens (including phenoxy) is 6. The first-order chi connectivity index (χ1) is 31.0. The van der Waals surface area contributed by atoms with Crippen molar-refractivity contribution >= 4 is 41.0 Å². The van der Waals surface area contributed by atoms with Crippen LogP contribution >= 0.6 is 11.4 Å². The quantitative estimate of drug-likeness (QED) is 0.0474. The van der Waals surface area contributed by atoms with Gasteiger partial charge in [0.15, 0.2) is 34.8 Å². The summed E-state index contributed by atoms with van der Waals surface area (Å²) in [6, 6.07) is 0. The number of aldehydes is 1.